The summed E-state index contributed by atoms with van der Waals surface area (Å²) in [5, 5.41) is 19.3. The van der Waals surface area contributed by atoms with E-state index in [2.05, 4.69) is 0 Å². The topological polar surface area (TPSA) is 104 Å². The molecule has 0 aliphatic heterocycles. The monoisotopic (exact) mass is 283 g/mol. The van der Waals surface area contributed by atoms with Crippen LogP contribution in [0.3, 0.4) is 0 Å². The van der Waals surface area contributed by atoms with Crippen molar-refractivity contribution < 1.29 is 13.3 Å². The smallest absolute Gasteiger partial charge is 0.258 e. The summed E-state index contributed by atoms with van der Waals surface area (Å²) in [5.41, 5.74) is 0.667. The van der Waals surface area contributed by atoms with Gasteiger partial charge in [-0.15, -0.1) is 0 Å². The van der Waals surface area contributed by atoms with Crippen LogP contribution in [0.5, 0.6) is 0 Å². The van der Waals surface area contributed by atoms with Gasteiger partial charge in [0.15, 0.2) is 0 Å². The normalized spacial score (nSPS) is 11.3. The van der Waals surface area contributed by atoms with Crippen LogP contribution >= 0.6 is 0 Å². The number of aryl methyl sites for hydroxylation is 1. The van der Waals surface area contributed by atoms with Gasteiger partial charge >= 0.3 is 0 Å². The molecule has 0 saturated carbocycles. The highest BCUT2D eigenvalue weighted by molar-refractivity contribution is 7.89. The number of nitro benzene ring substituents is 1. The summed E-state index contributed by atoms with van der Waals surface area (Å²) in [6, 6.07) is 4.07. The second-order valence-corrected chi connectivity index (χ2v) is 6.08. The van der Waals surface area contributed by atoms with Gasteiger partial charge < -0.3 is 0 Å². The average molecular weight is 283 g/mol. The van der Waals surface area contributed by atoms with Gasteiger partial charge in [-0.1, -0.05) is 0 Å². The Bertz CT molecular complexity index is 661. The number of hydrogen-bond acceptors (Lipinski definition) is 5. The van der Waals surface area contributed by atoms with Crippen molar-refractivity contribution >= 4 is 15.7 Å². The summed E-state index contributed by atoms with van der Waals surface area (Å²) >= 11 is 0. The predicted octanol–water partition coefficient (Wildman–Crippen LogP) is 1.36. The zero-order chi connectivity index (χ0) is 14.8. The van der Waals surface area contributed by atoms with E-state index in [0.29, 0.717) is 11.1 Å². The Morgan fingerprint density at radius 2 is 2.00 bits per heavy atom. The number of sulfonamides is 1. The van der Waals surface area contributed by atoms with Crippen molar-refractivity contribution in [2.75, 3.05) is 13.6 Å². The summed E-state index contributed by atoms with van der Waals surface area (Å²) in [4.78, 5) is 10.00. The summed E-state index contributed by atoms with van der Waals surface area (Å²) in [6.07, 6.45) is 0. The Balaban J connectivity index is 3.51. The Hall–Kier alpha value is -1.98. The summed E-state index contributed by atoms with van der Waals surface area (Å²) < 4.78 is 25.3. The molecule has 1 aromatic rings. The number of rotatable bonds is 4. The largest absolute Gasteiger partial charge is 0.271 e. The highest BCUT2D eigenvalue weighted by Gasteiger charge is 2.26. The van der Waals surface area contributed by atoms with Gasteiger partial charge in [-0.2, -0.15) is 9.57 Å². The molecule has 0 fully saturated rings. The molecule has 0 radical (unpaired) electrons. The molecule has 0 amide bonds. The fourth-order valence-electron chi connectivity index (χ4n) is 1.53. The number of nitrogens with zero attached hydrogens (tertiary/aromatic N) is 3. The highest BCUT2D eigenvalue weighted by Crippen LogP contribution is 2.27. The maximum absolute atomic E-state index is 12.2. The van der Waals surface area contributed by atoms with Gasteiger partial charge in [0.25, 0.3) is 5.69 Å². The van der Waals surface area contributed by atoms with Crippen molar-refractivity contribution in [3.05, 3.63) is 33.4 Å². The predicted molar refractivity (Wildman–Crippen MR) is 68.0 cm³/mol. The van der Waals surface area contributed by atoms with E-state index >= 15 is 0 Å². The molecule has 1 aromatic carbocycles. The molecule has 102 valence electrons. The van der Waals surface area contributed by atoms with Gasteiger partial charge in [-0.05, 0) is 25.0 Å². The van der Waals surface area contributed by atoms with Crippen LogP contribution in [0, 0.1) is 35.3 Å². The lowest BCUT2D eigenvalue weighted by Crippen LogP contribution is -2.28. The van der Waals surface area contributed by atoms with Crippen molar-refractivity contribution in [2.45, 2.75) is 18.7 Å². The summed E-state index contributed by atoms with van der Waals surface area (Å²) in [5.74, 6) is 0. The van der Waals surface area contributed by atoms with Crippen molar-refractivity contribution in [3.63, 3.8) is 0 Å². The minimum Gasteiger partial charge on any atom is -0.258 e. The molecule has 0 spiro atoms. The van der Waals surface area contributed by atoms with Crippen LogP contribution in [0.1, 0.15) is 11.1 Å². The standard InChI is InChI=1S/C11H13N3O4S/c1-8-6-10(14(15)16)7-11(9(8)2)19(17,18)13(3)5-4-12/h6-7H,5H2,1-3H3. The van der Waals surface area contributed by atoms with Crippen LogP contribution in [0.2, 0.25) is 0 Å². The van der Waals surface area contributed by atoms with E-state index < -0.39 is 14.9 Å². The summed E-state index contributed by atoms with van der Waals surface area (Å²) in [6.45, 7) is 2.86. The van der Waals surface area contributed by atoms with Crippen LogP contribution < -0.4 is 0 Å². The molecule has 0 aliphatic rings. The molecule has 0 saturated heterocycles. The van der Waals surface area contributed by atoms with Crippen LogP contribution in [0.4, 0.5) is 5.69 Å². The van der Waals surface area contributed by atoms with Gasteiger partial charge in [-0.25, -0.2) is 8.42 Å². The second-order valence-electron chi connectivity index (χ2n) is 4.06. The van der Waals surface area contributed by atoms with Crippen LogP contribution in [-0.4, -0.2) is 31.2 Å². The van der Waals surface area contributed by atoms with Crippen LogP contribution in [0.25, 0.3) is 0 Å². The SMILES string of the molecule is Cc1cc([N+](=O)[O-])cc(S(=O)(=O)N(C)CC#N)c1C. The molecular formula is C11H13N3O4S. The first-order valence-electron chi connectivity index (χ1n) is 5.30. The van der Waals surface area contributed by atoms with Gasteiger partial charge in [0.2, 0.25) is 10.0 Å². The molecule has 1 rings (SSSR count). The van der Waals surface area contributed by atoms with Gasteiger partial charge in [0.05, 0.1) is 15.9 Å². The lowest BCUT2D eigenvalue weighted by molar-refractivity contribution is -0.385. The van der Waals surface area contributed by atoms with Gasteiger partial charge in [0.1, 0.15) is 6.54 Å². The number of hydrogen-bond donors (Lipinski definition) is 0. The number of benzene rings is 1. The van der Waals surface area contributed by atoms with E-state index in [1.165, 1.54) is 13.1 Å². The quantitative estimate of drug-likeness (QED) is 0.471. The maximum Gasteiger partial charge on any atom is 0.271 e. The zero-order valence-electron chi connectivity index (χ0n) is 10.7. The fourth-order valence-corrected chi connectivity index (χ4v) is 2.92. The molecule has 0 aromatic heterocycles. The maximum atomic E-state index is 12.2. The third-order valence-electron chi connectivity index (χ3n) is 2.80. The third kappa shape index (κ3) is 2.89. The molecule has 0 bridgehead atoms. The Morgan fingerprint density at radius 3 is 2.47 bits per heavy atom. The number of nitro groups is 1. The number of nitriles is 1. The van der Waals surface area contributed by atoms with Crippen molar-refractivity contribution in [2.24, 2.45) is 0 Å². The molecule has 0 aliphatic carbocycles. The van der Waals surface area contributed by atoms with E-state index in [-0.39, 0.29) is 17.1 Å². The Kier molecular flexibility index (Phi) is 4.24. The molecule has 0 unspecified atom stereocenters. The molecule has 0 atom stereocenters. The van der Waals surface area contributed by atoms with Gasteiger partial charge in [-0.3, -0.25) is 10.1 Å². The Morgan fingerprint density at radius 1 is 1.42 bits per heavy atom. The van der Waals surface area contributed by atoms with E-state index in [1.807, 2.05) is 0 Å². The van der Waals surface area contributed by atoms with Crippen LogP contribution in [0.15, 0.2) is 17.0 Å². The highest BCUT2D eigenvalue weighted by atomic mass is 32.2. The minimum absolute atomic E-state index is 0.142. The van der Waals surface area contributed by atoms with E-state index in [4.69, 9.17) is 5.26 Å². The van der Waals surface area contributed by atoms with Crippen LogP contribution in [-0.2, 0) is 10.0 Å². The molecule has 8 heteroatoms. The molecule has 7 nitrogen and oxygen atoms in total. The molecule has 0 N–H and O–H groups in total. The van der Waals surface area contributed by atoms with Gasteiger partial charge in [0, 0.05) is 19.2 Å². The lowest BCUT2D eigenvalue weighted by atomic mass is 10.1. The number of non-ortho nitro benzene ring substituents is 1. The molecule has 0 heterocycles. The lowest BCUT2D eigenvalue weighted by Gasteiger charge is -2.16. The van der Waals surface area contributed by atoms with E-state index in [1.54, 1.807) is 19.9 Å². The first-order valence-corrected chi connectivity index (χ1v) is 6.74. The second kappa shape index (κ2) is 5.34. The first kappa shape index (κ1) is 15.1. The fraction of sp³-hybridized carbons (Fsp3) is 0.364. The van der Waals surface area contributed by atoms with E-state index in [0.717, 1.165) is 10.4 Å². The van der Waals surface area contributed by atoms with E-state index in [9.17, 15) is 18.5 Å². The van der Waals surface area contributed by atoms with Crippen molar-refractivity contribution in [1.29, 1.82) is 5.26 Å². The third-order valence-corrected chi connectivity index (χ3v) is 4.73. The zero-order valence-corrected chi connectivity index (χ0v) is 11.6. The van der Waals surface area contributed by atoms with Crippen molar-refractivity contribution in [1.82, 2.24) is 4.31 Å². The van der Waals surface area contributed by atoms with Crippen molar-refractivity contribution in [3.8, 4) is 6.07 Å². The Labute approximate surface area is 111 Å². The molecular weight excluding hydrogens is 270 g/mol. The summed E-state index contributed by atoms with van der Waals surface area (Å²) in [7, 11) is -2.65. The average Bonchev–Trinajstić information content (AvgIpc) is 2.32. The molecule has 19 heavy (non-hydrogen) atoms. The first-order chi connectivity index (χ1) is 8.71. The minimum atomic E-state index is -3.90.